The third-order valence-electron chi connectivity index (χ3n) is 5.11. The summed E-state index contributed by atoms with van der Waals surface area (Å²) in [6, 6.07) is 8.64. The number of carbonyl (C=O) groups excluding carboxylic acids is 2. The molecule has 0 radical (unpaired) electrons. The van der Waals surface area contributed by atoms with Gasteiger partial charge in [0.15, 0.2) is 0 Å². The van der Waals surface area contributed by atoms with Crippen LogP contribution in [0.5, 0.6) is 0 Å². The second kappa shape index (κ2) is 7.17. The van der Waals surface area contributed by atoms with Gasteiger partial charge in [0.05, 0.1) is 0 Å². The zero-order valence-corrected chi connectivity index (χ0v) is 15.9. The normalized spacial score (nSPS) is 20.8. The number of hydrogen-bond donors (Lipinski definition) is 1. The molecule has 1 unspecified atom stereocenters. The van der Waals surface area contributed by atoms with Crippen LogP contribution in [-0.4, -0.2) is 48.2 Å². The van der Waals surface area contributed by atoms with Crippen molar-refractivity contribution in [1.82, 2.24) is 4.90 Å². The molecule has 6 nitrogen and oxygen atoms in total. The third kappa shape index (κ3) is 4.11. The van der Waals surface area contributed by atoms with E-state index in [0.29, 0.717) is 25.6 Å². The Morgan fingerprint density at radius 1 is 1.19 bits per heavy atom. The molecular weight excluding hydrogens is 330 g/mol. The van der Waals surface area contributed by atoms with Gasteiger partial charge in [0.25, 0.3) is 0 Å². The van der Waals surface area contributed by atoms with Crippen molar-refractivity contribution in [2.45, 2.75) is 57.6 Å². The second-order valence-electron chi connectivity index (χ2n) is 8.28. The van der Waals surface area contributed by atoms with Gasteiger partial charge >= 0.3 is 6.09 Å². The fraction of sp³-hybridized carbons (Fsp3) is 0.600. The number of anilines is 1. The topological polar surface area (TPSA) is 75.9 Å². The van der Waals surface area contributed by atoms with Gasteiger partial charge in [-0.15, -0.1) is 0 Å². The number of likely N-dealkylation sites (tertiary alicyclic amines) is 1. The molecule has 0 aliphatic carbocycles. The Morgan fingerprint density at radius 3 is 2.46 bits per heavy atom. The summed E-state index contributed by atoms with van der Waals surface area (Å²) in [4.78, 5) is 27.9. The fourth-order valence-electron chi connectivity index (χ4n) is 3.98. The van der Waals surface area contributed by atoms with Crippen molar-refractivity contribution in [3.8, 4) is 0 Å². The molecular formula is C20H29N3O3. The van der Waals surface area contributed by atoms with E-state index in [9.17, 15) is 9.59 Å². The molecule has 26 heavy (non-hydrogen) atoms. The van der Waals surface area contributed by atoms with Crippen molar-refractivity contribution in [3.05, 3.63) is 29.8 Å². The van der Waals surface area contributed by atoms with E-state index in [1.165, 1.54) is 11.3 Å². The van der Waals surface area contributed by atoms with E-state index in [1.807, 2.05) is 32.9 Å². The van der Waals surface area contributed by atoms with Crippen LogP contribution in [0.25, 0.3) is 0 Å². The van der Waals surface area contributed by atoms with Gasteiger partial charge in [-0.1, -0.05) is 18.2 Å². The van der Waals surface area contributed by atoms with Crippen molar-refractivity contribution in [2.24, 2.45) is 5.73 Å². The molecule has 1 atom stereocenters. The van der Waals surface area contributed by atoms with Crippen LogP contribution in [0, 0.1) is 0 Å². The Hall–Kier alpha value is -2.24. The number of primary amides is 1. The van der Waals surface area contributed by atoms with Crippen LogP contribution < -0.4 is 10.6 Å². The molecule has 1 aromatic rings. The number of amides is 2. The number of nitrogens with zero attached hydrogens (tertiary/aromatic N) is 2. The lowest BCUT2D eigenvalue weighted by atomic mass is 9.98. The summed E-state index contributed by atoms with van der Waals surface area (Å²) in [5.74, 6) is -0.0982. The highest BCUT2D eigenvalue weighted by Crippen LogP contribution is 2.40. The average Bonchev–Trinajstić information content (AvgIpc) is 2.92. The summed E-state index contributed by atoms with van der Waals surface area (Å²) < 4.78 is 5.48. The summed E-state index contributed by atoms with van der Waals surface area (Å²) >= 11 is 0. The maximum atomic E-state index is 12.3. The van der Waals surface area contributed by atoms with Gasteiger partial charge in [-0.3, -0.25) is 4.79 Å². The van der Waals surface area contributed by atoms with E-state index in [-0.39, 0.29) is 17.9 Å². The number of hydrogen-bond acceptors (Lipinski definition) is 4. The van der Waals surface area contributed by atoms with Crippen LogP contribution in [0.3, 0.4) is 0 Å². The smallest absolute Gasteiger partial charge is 0.410 e. The van der Waals surface area contributed by atoms with E-state index in [2.05, 4.69) is 17.0 Å². The maximum Gasteiger partial charge on any atom is 0.410 e. The van der Waals surface area contributed by atoms with Crippen molar-refractivity contribution >= 4 is 17.7 Å². The Morgan fingerprint density at radius 2 is 1.85 bits per heavy atom. The van der Waals surface area contributed by atoms with Gasteiger partial charge in [0, 0.05) is 43.7 Å². The Kier molecular flexibility index (Phi) is 5.12. The Labute approximate surface area is 155 Å². The number of ether oxygens (including phenoxy) is 1. The van der Waals surface area contributed by atoms with Crippen molar-refractivity contribution in [3.63, 3.8) is 0 Å². The monoisotopic (exact) mass is 359 g/mol. The first-order valence-corrected chi connectivity index (χ1v) is 9.36. The number of rotatable bonds is 3. The number of benzene rings is 1. The van der Waals surface area contributed by atoms with Crippen LogP contribution in [0.2, 0.25) is 0 Å². The summed E-state index contributed by atoms with van der Waals surface area (Å²) in [6.45, 7) is 7.87. The standard InChI is InChI=1S/C20H29N3O3/c1-20(2,3)26-19(25)22-10-8-15(9-11-22)23-13-14(12-18(21)24)16-6-4-5-7-17(16)23/h4-7,14-15H,8-13H2,1-3H3,(H2,21,24). The number of fused-ring (bicyclic) bond motifs is 1. The molecule has 2 aliphatic rings. The maximum absolute atomic E-state index is 12.3. The predicted octanol–water partition coefficient (Wildman–Crippen LogP) is 2.87. The van der Waals surface area contributed by atoms with Crippen molar-refractivity contribution < 1.29 is 14.3 Å². The zero-order valence-electron chi connectivity index (χ0n) is 15.9. The molecule has 1 fully saturated rings. The van der Waals surface area contributed by atoms with E-state index in [0.717, 1.165) is 19.4 Å². The molecule has 2 aliphatic heterocycles. The lowest BCUT2D eigenvalue weighted by Crippen LogP contribution is -2.48. The summed E-state index contributed by atoms with van der Waals surface area (Å²) in [6.07, 6.45) is 1.95. The average molecular weight is 359 g/mol. The van der Waals surface area contributed by atoms with Gasteiger partial charge in [0.1, 0.15) is 5.60 Å². The van der Waals surface area contributed by atoms with Crippen LogP contribution in [0.15, 0.2) is 24.3 Å². The van der Waals surface area contributed by atoms with Gasteiger partial charge in [-0.2, -0.15) is 0 Å². The Balaban J connectivity index is 1.65. The molecule has 0 saturated carbocycles. The minimum absolute atomic E-state index is 0.160. The van der Waals surface area contributed by atoms with Crippen LogP contribution in [0.4, 0.5) is 10.5 Å². The minimum Gasteiger partial charge on any atom is -0.444 e. The number of nitrogens with two attached hydrogens (primary N) is 1. The molecule has 0 spiro atoms. The lowest BCUT2D eigenvalue weighted by Gasteiger charge is -2.38. The quantitative estimate of drug-likeness (QED) is 0.900. The largest absolute Gasteiger partial charge is 0.444 e. The van der Waals surface area contributed by atoms with Crippen LogP contribution in [-0.2, 0) is 9.53 Å². The highest BCUT2D eigenvalue weighted by molar-refractivity contribution is 5.76. The lowest BCUT2D eigenvalue weighted by molar-refractivity contribution is -0.118. The van der Waals surface area contributed by atoms with E-state index >= 15 is 0 Å². The summed E-state index contributed by atoms with van der Waals surface area (Å²) in [5, 5.41) is 0. The van der Waals surface area contributed by atoms with E-state index in [4.69, 9.17) is 10.5 Å². The highest BCUT2D eigenvalue weighted by Gasteiger charge is 2.36. The molecule has 2 amide bonds. The first-order valence-electron chi connectivity index (χ1n) is 9.36. The first-order chi connectivity index (χ1) is 12.2. The minimum atomic E-state index is -0.468. The molecule has 1 saturated heterocycles. The number of piperidine rings is 1. The SMILES string of the molecule is CC(C)(C)OC(=O)N1CCC(N2CC(CC(N)=O)c3ccccc32)CC1. The molecule has 6 heteroatoms. The summed E-state index contributed by atoms with van der Waals surface area (Å²) in [5.41, 5.74) is 7.38. The van der Waals surface area contributed by atoms with E-state index in [1.54, 1.807) is 4.90 Å². The third-order valence-corrected chi connectivity index (χ3v) is 5.11. The van der Waals surface area contributed by atoms with Gasteiger partial charge in [-0.25, -0.2) is 4.79 Å². The first kappa shape index (κ1) is 18.5. The van der Waals surface area contributed by atoms with Gasteiger partial charge < -0.3 is 20.3 Å². The molecule has 0 aromatic heterocycles. The van der Waals surface area contributed by atoms with Crippen LogP contribution >= 0.6 is 0 Å². The Bertz CT molecular complexity index is 675. The van der Waals surface area contributed by atoms with Gasteiger partial charge in [-0.05, 0) is 45.2 Å². The van der Waals surface area contributed by atoms with Crippen LogP contribution in [0.1, 0.15) is 51.5 Å². The molecule has 0 bridgehead atoms. The highest BCUT2D eigenvalue weighted by atomic mass is 16.6. The predicted molar refractivity (Wildman–Crippen MR) is 101 cm³/mol. The molecule has 142 valence electrons. The van der Waals surface area contributed by atoms with E-state index < -0.39 is 5.60 Å². The second-order valence-corrected chi connectivity index (χ2v) is 8.28. The zero-order chi connectivity index (χ0) is 18.9. The number of para-hydroxylation sites is 1. The molecule has 3 rings (SSSR count). The fourth-order valence-corrected chi connectivity index (χ4v) is 3.98. The van der Waals surface area contributed by atoms with Crippen molar-refractivity contribution in [1.29, 1.82) is 0 Å². The molecule has 2 heterocycles. The van der Waals surface area contributed by atoms with Gasteiger partial charge in [0.2, 0.25) is 5.91 Å². The summed E-state index contributed by atoms with van der Waals surface area (Å²) in [7, 11) is 0. The molecule has 1 aromatic carbocycles. The molecule has 2 N–H and O–H groups in total. The number of carbonyl (C=O) groups is 2. The van der Waals surface area contributed by atoms with Crippen molar-refractivity contribution in [2.75, 3.05) is 24.5 Å².